The van der Waals surface area contributed by atoms with Crippen molar-refractivity contribution in [1.29, 1.82) is 0 Å². The molecule has 0 aliphatic carbocycles. The summed E-state index contributed by atoms with van der Waals surface area (Å²) >= 11 is 0. The van der Waals surface area contributed by atoms with Crippen molar-refractivity contribution in [2.45, 2.75) is 32.0 Å². The van der Waals surface area contributed by atoms with Crippen LogP contribution in [-0.4, -0.2) is 30.8 Å². The van der Waals surface area contributed by atoms with E-state index < -0.39 is 0 Å². The molecule has 2 aliphatic rings. The van der Waals surface area contributed by atoms with E-state index in [9.17, 15) is 0 Å². The average molecular weight is 234 g/mol. The zero-order chi connectivity index (χ0) is 11.5. The molecular weight excluding hydrogens is 216 g/mol. The SMILES string of the molecule is c1nc2c(cc1OC1CCNCC1)COCC2. The predicted molar refractivity (Wildman–Crippen MR) is 64.1 cm³/mol. The second kappa shape index (κ2) is 5.02. The average Bonchev–Trinajstić information content (AvgIpc) is 2.40. The predicted octanol–water partition coefficient (Wildman–Crippen LogP) is 1.29. The van der Waals surface area contributed by atoms with Gasteiger partial charge in [-0.05, 0) is 32.0 Å². The Morgan fingerprint density at radius 1 is 1.35 bits per heavy atom. The topological polar surface area (TPSA) is 43.4 Å². The maximum Gasteiger partial charge on any atom is 0.138 e. The fourth-order valence-corrected chi connectivity index (χ4v) is 2.39. The van der Waals surface area contributed by atoms with Gasteiger partial charge in [-0.3, -0.25) is 4.98 Å². The molecule has 0 amide bonds. The number of ether oxygens (including phenoxy) is 2. The summed E-state index contributed by atoms with van der Waals surface area (Å²) in [5.74, 6) is 0.890. The van der Waals surface area contributed by atoms with E-state index in [0.717, 1.165) is 50.4 Å². The van der Waals surface area contributed by atoms with Gasteiger partial charge in [0, 0.05) is 17.7 Å². The second-order valence-corrected chi connectivity index (χ2v) is 4.65. The van der Waals surface area contributed by atoms with Gasteiger partial charge in [-0.15, -0.1) is 0 Å². The van der Waals surface area contributed by atoms with Crippen LogP contribution in [0.2, 0.25) is 0 Å². The number of hydrogen-bond donors (Lipinski definition) is 1. The largest absolute Gasteiger partial charge is 0.489 e. The lowest BCUT2D eigenvalue weighted by atomic mass is 10.1. The summed E-state index contributed by atoms with van der Waals surface area (Å²) in [4.78, 5) is 4.46. The number of pyridine rings is 1. The van der Waals surface area contributed by atoms with Crippen LogP contribution in [0.4, 0.5) is 0 Å². The van der Waals surface area contributed by atoms with E-state index in [0.29, 0.717) is 12.7 Å². The Morgan fingerprint density at radius 2 is 2.24 bits per heavy atom. The van der Waals surface area contributed by atoms with Crippen molar-refractivity contribution in [3.8, 4) is 5.75 Å². The van der Waals surface area contributed by atoms with Crippen molar-refractivity contribution < 1.29 is 9.47 Å². The summed E-state index contributed by atoms with van der Waals surface area (Å²) in [6.45, 7) is 3.55. The zero-order valence-corrected chi connectivity index (χ0v) is 9.95. The lowest BCUT2D eigenvalue weighted by Crippen LogP contribution is -2.34. The van der Waals surface area contributed by atoms with E-state index in [1.54, 1.807) is 0 Å². The molecule has 2 aliphatic heterocycles. The number of nitrogens with one attached hydrogen (secondary N) is 1. The fraction of sp³-hybridized carbons (Fsp3) is 0.615. The smallest absolute Gasteiger partial charge is 0.138 e. The molecule has 0 atom stereocenters. The molecule has 92 valence electrons. The van der Waals surface area contributed by atoms with Gasteiger partial charge in [0.1, 0.15) is 11.9 Å². The minimum atomic E-state index is 0.334. The number of fused-ring (bicyclic) bond motifs is 1. The third-order valence-electron chi connectivity index (χ3n) is 3.36. The lowest BCUT2D eigenvalue weighted by Gasteiger charge is -2.24. The highest BCUT2D eigenvalue weighted by Crippen LogP contribution is 2.22. The summed E-state index contributed by atoms with van der Waals surface area (Å²) in [6, 6.07) is 2.09. The van der Waals surface area contributed by atoms with Gasteiger partial charge in [0.05, 0.1) is 19.4 Å². The monoisotopic (exact) mass is 234 g/mol. The molecule has 1 N–H and O–H groups in total. The first-order valence-corrected chi connectivity index (χ1v) is 6.35. The third kappa shape index (κ3) is 2.58. The van der Waals surface area contributed by atoms with Gasteiger partial charge in [0.15, 0.2) is 0 Å². The molecule has 0 bridgehead atoms. The standard InChI is InChI=1S/C13H18N2O2/c1-4-14-5-2-11(1)17-12-7-10-9-16-6-3-13(10)15-8-12/h7-8,11,14H,1-6,9H2. The summed E-state index contributed by atoms with van der Waals surface area (Å²) in [5.41, 5.74) is 2.34. The molecule has 1 aromatic rings. The first-order valence-electron chi connectivity index (χ1n) is 6.35. The van der Waals surface area contributed by atoms with Crippen LogP contribution in [-0.2, 0) is 17.8 Å². The number of hydrogen-bond acceptors (Lipinski definition) is 4. The minimum absolute atomic E-state index is 0.334. The van der Waals surface area contributed by atoms with Crippen LogP contribution < -0.4 is 10.1 Å². The molecule has 3 heterocycles. The molecular formula is C13H18N2O2. The second-order valence-electron chi connectivity index (χ2n) is 4.65. The molecule has 0 spiro atoms. The van der Waals surface area contributed by atoms with Crippen LogP contribution in [0, 0.1) is 0 Å². The Hall–Kier alpha value is -1.13. The van der Waals surface area contributed by atoms with Crippen LogP contribution in [0.5, 0.6) is 5.75 Å². The number of piperidine rings is 1. The van der Waals surface area contributed by atoms with Crippen molar-refractivity contribution in [3.05, 3.63) is 23.5 Å². The Bertz CT molecular complexity index is 389. The molecule has 1 saturated heterocycles. The molecule has 1 fully saturated rings. The van der Waals surface area contributed by atoms with Crippen molar-refractivity contribution >= 4 is 0 Å². The van der Waals surface area contributed by atoms with Crippen LogP contribution in [0.3, 0.4) is 0 Å². The van der Waals surface area contributed by atoms with Crippen molar-refractivity contribution in [2.24, 2.45) is 0 Å². The van der Waals surface area contributed by atoms with Crippen LogP contribution in [0.1, 0.15) is 24.1 Å². The summed E-state index contributed by atoms with van der Waals surface area (Å²) in [5, 5.41) is 3.33. The van der Waals surface area contributed by atoms with E-state index >= 15 is 0 Å². The number of rotatable bonds is 2. The zero-order valence-electron chi connectivity index (χ0n) is 9.95. The Labute approximate surface area is 101 Å². The molecule has 4 heteroatoms. The van der Waals surface area contributed by atoms with Gasteiger partial charge in [0.2, 0.25) is 0 Å². The van der Waals surface area contributed by atoms with Gasteiger partial charge in [-0.1, -0.05) is 0 Å². The minimum Gasteiger partial charge on any atom is -0.489 e. The maximum atomic E-state index is 5.96. The van der Waals surface area contributed by atoms with E-state index in [1.165, 1.54) is 5.56 Å². The summed E-state index contributed by atoms with van der Waals surface area (Å²) < 4.78 is 11.4. The lowest BCUT2D eigenvalue weighted by molar-refractivity contribution is 0.108. The van der Waals surface area contributed by atoms with Gasteiger partial charge < -0.3 is 14.8 Å². The summed E-state index contributed by atoms with van der Waals surface area (Å²) in [7, 11) is 0. The molecule has 0 unspecified atom stereocenters. The maximum absolute atomic E-state index is 5.96. The molecule has 3 rings (SSSR count). The Kier molecular flexibility index (Phi) is 3.25. The number of nitrogens with zero attached hydrogens (tertiary/aromatic N) is 1. The summed E-state index contributed by atoms with van der Waals surface area (Å²) in [6.07, 6.45) is 5.26. The van der Waals surface area contributed by atoms with Crippen molar-refractivity contribution in [1.82, 2.24) is 10.3 Å². The number of aromatic nitrogens is 1. The molecule has 1 aromatic heterocycles. The van der Waals surface area contributed by atoms with Gasteiger partial charge in [-0.2, -0.15) is 0 Å². The van der Waals surface area contributed by atoms with Gasteiger partial charge in [-0.25, -0.2) is 0 Å². The third-order valence-corrected chi connectivity index (χ3v) is 3.36. The molecule has 0 saturated carbocycles. The molecule has 17 heavy (non-hydrogen) atoms. The van der Waals surface area contributed by atoms with Gasteiger partial charge >= 0.3 is 0 Å². The Morgan fingerprint density at radius 3 is 3.12 bits per heavy atom. The normalized spacial score (nSPS) is 20.9. The highest BCUT2D eigenvalue weighted by atomic mass is 16.5. The highest BCUT2D eigenvalue weighted by molar-refractivity contribution is 5.30. The molecule has 4 nitrogen and oxygen atoms in total. The van der Waals surface area contributed by atoms with Crippen molar-refractivity contribution in [3.63, 3.8) is 0 Å². The van der Waals surface area contributed by atoms with E-state index in [1.807, 2.05) is 6.20 Å². The molecule has 0 radical (unpaired) electrons. The van der Waals surface area contributed by atoms with Crippen LogP contribution in [0.15, 0.2) is 12.3 Å². The fourth-order valence-electron chi connectivity index (χ4n) is 2.39. The highest BCUT2D eigenvalue weighted by Gasteiger charge is 2.16. The first-order chi connectivity index (χ1) is 8.42. The van der Waals surface area contributed by atoms with Gasteiger partial charge in [0.25, 0.3) is 0 Å². The van der Waals surface area contributed by atoms with Crippen LogP contribution >= 0.6 is 0 Å². The molecule has 0 aromatic carbocycles. The van der Waals surface area contributed by atoms with E-state index in [4.69, 9.17) is 9.47 Å². The quantitative estimate of drug-likeness (QED) is 0.837. The first kappa shape index (κ1) is 11.0. The van der Waals surface area contributed by atoms with Crippen LogP contribution in [0.25, 0.3) is 0 Å². The Balaban J connectivity index is 1.70. The van der Waals surface area contributed by atoms with Crippen molar-refractivity contribution in [2.75, 3.05) is 19.7 Å². The van der Waals surface area contributed by atoms with E-state index in [2.05, 4.69) is 16.4 Å². The van der Waals surface area contributed by atoms with E-state index in [-0.39, 0.29) is 0 Å².